The van der Waals surface area contributed by atoms with E-state index in [4.69, 9.17) is 0 Å². The number of anilines is 1. The molecular formula is C16H18N2OS. The van der Waals surface area contributed by atoms with Gasteiger partial charge in [0, 0.05) is 29.7 Å². The van der Waals surface area contributed by atoms with Gasteiger partial charge in [0.1, 0.15) is 0 Å². The summed E-state index contributed by atoms with van der Waals surface area (Å²) >= 11 is 1.69. The van der Waals surface area contributed by atoms with E-state index in [2.05, 4.69) is 18.3 Å². The molecule has 1 amide bonds. The molecule has 0 spiro atoms. The van der Waals surface area contributed by atoms with Crippen LogP contribution in [0.1, 0.15) is 33.8 Å². The minimum atomic E-state index is 0.0839. The van der Waals surface area contributed by atoms with Crippen LogP contribution >= 0.6 is 11.3 Å². The molecule has 0 bridgehead atoms. The number of fused-ring (bicyclic) bond motifs is 1. The number of hydrogen-bond acceptors (Lipinski definition) is 3. The van der Waals surface area contributed by atoms with Crippen molar-refractivity contribution < 1.29 is 4.79 Å². The topological polar surface area (TPSA) is 32.3 Å². The van der Waals surface area contributed by atoms with E-state index in [0.717, 1.165) is 24.2 Å². The van der Waals surface area contributed by atoms with Crippen LogP contribution in [0.4, 0.5) is 5.69 Å². The highest BCUT2D eigenvalue weighted by Gasteiger charge is 2.21. The van der Waals surface area contributed by atoms with Gasteiger partial charge in [-0.1, -0.05) is 6.07 Å². The maximum absolute atomic E-state index is 12.6. The van der Waals surface area contributed by atoms with E-state index < -0.39 is 0 Å². The van der Waals surface area contributed by atoms with Crippen LogP contribution in [0.2, 0.25) is 0 Å². The van der Waals surface area contributed by atoms with Gasteiger partial charge in [0.15, 0.2) is 0 Å². The quantitative estimate of drug-likeness (QED) is 0.936. The molecule has 20 heavy (non-hydrogen) atoms. The number of hydrogen-bond donors (Lipinski definition) is 1. The molecular weight excluding hydrogens is 268 g/mol. The van der Waals surface area contributed by atoms with Crippen LogP contribution in [0.25, 0.3) is 0 Å². The van der Waals surface area contributed by atoms with E-state index in [1.165, 1.54) is 10.4 Å². The van der Waals surface area contributed by atoms with Gasteiger partial charge in [-0.25, -0.2) is 0 Å². The van der Waals surface area contributed by atoms with Gasteiger partial charge in [0.25, 0.3) is 5.91 Å². The largest absolute Gasteiger partial charge is 0.384 e. The molecule has 3 nitrogen and oxygen atoms in total. The van der Waals surface area contributed by atoms with E-state index in [1.54, 1.807) is 11.3 Å². The van der Waals surface area contributed by atoms with Crippen molar-refractivity contribution in [1.29, 1.82) is 0 Å². The summed E-state index contributed by atoms with van der Waals surface area (Å²) in [5, 5.41) is 5.36. The lowest BCUT2D eigenvalue weighted by Crippen LogP contribution is -2.29. The minimum Gasteiger partial charge on any atom is -0.384 e. The molecule has 2 aromatic rings. The summed E-state index contributed by atoms with van der Waals surface area (Å²) in [5.74, 6) is 0.0839. The van der Waals surface area contributed by atoms with Crippen molar-refractivity contribution in [2.45, 2.75) is 19.4 Å². The first-order valence-corrected chi connectivity index (χ1v) is 7.72. The maximum Gasteiger partial charge on any atom is 0.254 e. The SMILES string of the molecule is C[C@H](c1cccs1)N(C)C(=O)c1ccc2c(c1)CCN2. The molecule has 1 atom stereocenters. The molecule has 0 fully saturated rings. The summed E-state index contributed by atoms with van der Waals surface area (Å²) in [4.78, 5) is 15.6. The smallest absolute Gasteiger partial charge is 0.254 e. The molecule has 0 saturated carbocycles. The highest BCUT2D eigenvalue weighted by molar-refractivity contribution is 7.10. The van der Waals surface area contributed by atoms with Crippen LogP contribution in [0.3, 0.4) is 0 Å². The predicted octanol–water partition coefficient (Wildman–Crippen LogP) is 3.55. The van der Waals surface area contributed by atoms with E-state index >= 15 is 0 Å². The second kappa shape index (κ2) is 5.29. The summed E-state index contributed by atoms with van der Waals surface area (Å²) in [7, 11) is 1.87. The Morgan fingerprint density at radius 1 is 1.40 bits per heavy atom. The molecule has 2 heterocycles. The Bertz CT molecular complexity index is 621. The van der Waals surface area contributed by atoms with Crippen LogP contribution in [-0.4, -0.2) is 24.4 Å². The van der Waals surface area contributed by atoms with E-state index in [-0.39, 0.29) is 11.9 Å². The molecule has 0 unspecified atom stereocenters. The highest BCUT2D eigenvalue weighted by atomic mass is 32.1. The van der Waals surface area contributed by atoms with Crippen molar-refractivity contribution in [3.8, 4) is 0 Å². The normalized spacial score (nSPS) is 14.5. The summed E-state index contributed by atoms with van der Waals surface area (Å²) in [6.45, 7) is 3.03. The lowest BCUT2D eigenvalue weighted by atomic mass is 10.1. The number of nitrogens with one attached hydrogen (secondary N) is 1. The Morgan fingerprint density at radius 2 is 2.25 bits per heavy atom. The highest BCUT2D eigenvalue weighted by Crippen LogP contribution is 2.27. The first kappa shape index (κ1) is 13.2. The Hall–Kier alpha value is -1.81. The first-order chi connectivity index (χ1) is 9.66. The molecule has 3 rings (SSSR count). The zero-order valence-corrected chi connectivity index (χ0v) is 12.5. The standard InChI is InChI=1S/C16H18N2OS/c1-11(15-4-3-9-20-15)18(2)16(19)13-5-6-14-12(10-13)7-8-17-14/h3-6,9-11,17H,7-8H2,1-2H3/t11-/m1/s1. The zero-order chi connectivity index (χ0) is 14.1. The van der Waals surface area contributed by atoms with Gasteiger partial charge < -0.3 is 10.2 Å². The first-order valence-electron chi connectivity index (χ1n) is 6.84. The van der Waals surface area contributed by atoms with Crippen LogP contribution < -0.4 is 5.32 Å². The van der Waals surface area contributed by atoms with Crippen molar-refractivity contribution in [1.82, 2.24) is 4.90 Å². The van der Waals surface area contributed by atoms with E-state index in [1.807, 2.05) is 41.6 Å². The number of nitrogens with zero attached hydrogens (tertiary/aromatic N) is 1. The minimum absolute atomic E-state index is 0.0839. The van der Waals surface area contributed by atoms with Gasteiger partial charge in [-0.3, -0.25) is 4.79 Å². The van der Waals surface area contributed by atoms with Crippen molar-refractivity contribution in [3.63, 3.8) is 0 Å². The molecule has 104 valence electrons. The number of carbonyl (C=O) groups is 1. The molecule has 1 aliphatic rings. The molecule has 1 aromatic carbocycles. The van der Waals surface area contributed by atoms with Gasteiger partial charge in [-0.05, 0) is 48.6 Å². The van der Waals surface area contributed by atoms with Crippen LogP contribution in [0, 0.1) is 0 Å². The summed E-state index contributed by atoms with van der Waals surface area (Å²) in [6.07, 6.45) is 1.00. The van der Waals surface area contributed by atoms with E-state index in [0.29, 0.717) is 0 Å². The van der Waals surface area contributed by atoms with E-state index in [9.17, 15) is 4.79 Å². The lowest BCUT2D eigenvalue weighted by Gasteiger charge is -2.24. The Balaban J connectivity index is 1.81. The molecule has 4 heteroatoms. The average molecular weight is 286 g/mol. The summed E-state index contributed by atoms with van der Waals surface area (Å²) in [6, 6.07) is 10.2. The lowest BCUT2D eigenvalue weighted by molar-refractivity contribution is 0.0745. The molecule has 1 aromatic heterocycles. The monoisotopic (exact) mass is 286 g/mol. The molecule has 0 radical (unpaired) electrons. The number of thiophene rings is 1. The van der Waals surface area contributed by atoms with Gasteiger partial charge in [0.05, 0.1) is 6.04 Å². The number of amides is 1. The second-order valence-electron chi connectivity index (χ2n) is 5.16. The predicted molar refractivity (Wildman–Crippen MR) is 83.5 cm³/mol. The molecule has 1 aliphatic heterocycles. The fourth-order valence-electron chi connectivity index (χ4n) is 2.54. The van der Waals surface area contributed by atoms with Crippen molar-refractivity contribution in [2.75, 3.05) is 18.9 Å². The number of rotatable bonds is 3. The zero-order valence-electron chi connectivity index (χ0n) is 11.7. The third kappa shape index (κ3) is 2.31. The summed E-state index contributed by atoms with van der Waals surface area (Å²) < 4.78 is 0. The Morgan fingerprint density at radius 3 is 3.00 bits per heavy atom. The third-order valence-corrected chi connectivity index (χ3v) is 4.96. The van der Waals surface area contributed by atoms with Crippen LogP contribution in [0.15, 0.2) is 35.7 Å². The third-order valence-electron chi connectivity index (χ3n) is 3.92. The molecule has 1 N–H and O–H groups in total. The number of benzene rings is 1. The molecule has 0 aliphatic carbocycles. The van der Waals surface area contributed by atoms with Crippen molar-refractivity contribution in [2.24, 2.45) is 0 Å². The van der Waals surface area contributed by atoms with Crippen molar-refractivity contribution >= 4 is 22.9 Å². The van der Waals surface area contributed by atoms with Gasteiger partial charge >= 0.3 is 0 Å². The van der Waals surface area contributed by atoms with Gasteiger partial charge in [-0.2, -0.15) is 0 Å². The fraction of sp³-hybridized carbons (Fsp3) is 0.312. The van der Waals surface area contributed by atoms with Gasteiger partial charge in [0.2, 0.25) is 0 Å². The van der Waals surface area contributed by atoms with Gasteiger partial charge in [-0.15, -0.1) is 11.3 Å². The van der Waals surface area contributed by atoms with Crippen LogP contribution in [0.5, 0.6) is 0 Å². The molecule has 0 saturated heterocycles. The number of carbonyl (C=O) groups excluding carboxylic acids is 1. The summed E-state index contributed by atoms with van der Waals surface area (Å²) in [5.41, 5.74) is 3.18. The van der Waals surface area contributed by atoms with Crippen molar-refractivity contribution in [3.05, 3.63) is 51.7 Å². The Labute approximate surface area is 123 Å². The average Bonchev–Trinajstić information content (AvgIpc) is 3.14. The van der Waals surface area contributed by atoms with Crippen LogP contribution in [-0.2, 0) is 6.42 Å². The maximum atomic E-state index is 12.6. The second-order valence-corrected chi connectivity index (χ2v) is 6.14. The fourth-order valence-corrected chi connectivity index (χ4v) is 3.36. The Kier molecular flexibility index (Phi) is 3.49.